The number of hydrogen-bond acceptors (Lipinski definition) is 2. The van der Waals surface area contributed by atoms with Crippen LogP contribution in [0.25, 0.3) is 10.9 Å². The van der Waals surface area contributed by atoms with Gasteiger partial charge in [-0.15, -0.1) is 0 Å². The Hall–Kier alpha value is -2.59. The van der Waals surface area contributed by atoms with Crippen molar-refractivity contribution in [3.8, 4) is 0 Å². The van der Waals surface area contributed by atoms with Crippen LogP contribution in [-0.4, -0.2) is 52.5 Å². The van der Waals surface area contributed by atoms with Crippen LogP contribution in [0.1, 0.15) is 34.5 Å². The van der Waals surface area contributed by atoms with Crippen LogP contribution in [0.4, 0.5) is 0 Å². The van der Waals surface area contributed by atoms with Gasteiger partial charge >= 0.3 is 0 Å². The lowest BCUT2D eigenvalue weighted by Crippen LogP contribution is -2.52. The summed E-state index contributed by atoms with van der Waals surface area (Å²) in [5.74, 6) is 0.130. The minimum atomic E-state index is 0.130. The summed E-state index contributed by atoms with van der Waals surface area (Å²) < 4.78 is 2.03. The number of rotatable bonds is 3. The molecule has 1 atom stereocenters. The van der Waals surface area contributed by atoms with Crippen LogP contribution in [0, 0.1) is 0 Å². The Morgan fingerprint density at radius 3 is 2.45 bits per heavy atom. The van der Waals surface area contributed by atoms with Crippen LogP contribution in [0.3, 0.4) is 0 Å². The number of para-hydroxylation sites is 1. The van der Waals surface area contributed by atoms with Crippen LogP contribution < -0.4 is 0 Å². The second-order valence-corrected chi connectivity index (χ2v) is 8.69. The van der Waals surface area contributed by atoms with E-state index in [1.807, 2.05) is 41.8 Å². The fourth-order valence-corrected chi connectivity index (χ4v) is 5.27. The quantitative estimate of drug-likeness (QED) is 0.682. The number of likely N-dealkylation sites (N-methyl/N-ethyl adjacent to an activating group) is 1. The number of amides is 1. The van der Waals surface area contributed by atoms with E-state index in [-0.39, 0.29) is 11.9 Å². The number of carbonyl (C=O) groups excluding carboxylic acids is 1. The zero-order valence-electron chi connectivity index (χ0n) is 17.3. The van der Waals surface area contributed by atoms with E-state index < -0.39 is 0 Å². The minimum absolute atomic E-state index is 0.130. The van der Waals surface area contributed by atoms with Crippen molar-refractivity contribution in [1.82, 2.24) is 14.4 Å². The number of hydrogen-bond donors (Lipinski definition) is 0. The summed E-state index contributed by atoms with van der Waals surface area (Å²) >= 11 is 0. The highest BCUT2D eigenvalue weighted by molar-refractivity contribution is 5.98. The highest BCUT2D eigenvalue weighted by atomic mass is 16.2. The summed E-state index contributed by atoms with van der Waals surface area (Å²) in [6.45, 7) is 2.12. The van der Waals surface area contributed by atoms with Gasteiger partial charge in [-0.1, -0.05) is 42.5 Å². The van der Waals surface area contributed by atoms with Crippen molar-refractivity contribution in [2.24, 2.45) is 7.05 Å². The third-order valence-electron chi connectivity index (χ3n) is 7.01. The van der Waals surface area contributed by atoms with Crippen molar-refractivity contribution >= 4 is 16.8 Å². The Labute approximate surface area is 172 Å². The molecular formula is C25H29N3O. The highest BCUT2D eigenvalue weighted by Crippen LogP contribution is 2.29. The molecule has 29 heavy (non-hydrogen) atoms. The average molecular weight is 388 g/mol. The highest BCUT2D eigenvalue weighted by Gasteiger charge is 2.33. The van der Waals surface area contributed by atoms with Crippen LogP contribution in [0.5, 0.6) is 0 Å². The number of likely N-dealkylation sites (tertiary alicyclic amines) is 1. The van der Waals surface area contributed by atoms with E-state index in [4.69, 9.17) is 0 Å². The Morgan fingerprint density at radius 1 is 1.03 bits per heavy atom. The van der Waals surface area contributed by atoms with Gasteiger partial charge in [-0.2, -0.15) is 0 Å². The van der Waals surface area contributed by atoms with E-state index >= 15 is 0 Å². The zero-order valence-corrected chi connectivity index (χ0v) is 17.3. The molecule has 1 fully saturated rings. The van der Waals surface area contributed by atoms with Gasteiger partial charge in [0.05, 0.1) is 0 Å². The fraction of sp³-hybridized carbons (Fsp3) is 0.400. The normalized spacial score (nSPS) is 20.1. The second-order valence-electron chi connectivity index (χ2n) is 8.69. The Bertz CT molecular complexity index is 1030. The number of nitrogens with zero attached hydrogens (tertiary/aromatic N) is 3. The summed E-state index contributed by atoms with van der Waals surface area (Å²) in [5, 5.41) is 1.13. The van der Waals surface area contributed by atoms with Gasteiger partial charge in [-0.25, -0.2) is 0 Å². The number of piperidine rings is 1. The van der Waals surface area contributed by atoms with Crippen LogP contribution in [-0.2, 0) is 19.9 Å². The lowest BCUT2D eigenvalue weighted by atomic mass is 10.0. The number of aryl methyl sites for hydroxylation is 1. The van der Waals surface area contributed by atoms with E-state index in [0.29, 0.717) is 6.04 Å². The summed E-state index contributed by atoms with van der Waals surface area (Å²) in [7, 11) is 3.98. The van der Waals surface area contributed by atoms with Crippen LogP contribution in [0.2, 0.25) is 0 Å². The topological polar surface area (TPSA) is 28.5 Å². The Kier molecular flexibility index (Phi) is 4.67. The second kappa shape index (κ2) is 7.34. The molecule has 2 aromatic carbocycles. The molecular weight excluding hydrogens is 358 g/mol. The number of fused-ring (bicyclic) bond motifs is 2. The maximum atomic E-state index is 13.3. The molecule has 0 bridgehead atoms. The van der Waals surface area contributed by atoms with Gasteiger partial charge in [0.15, 0.2) is 0 Å². The lowest BCUT2D eigenvalue weighted by molar-refractivity contribution is 0.0547. The monoisotopic (exact) mass is 387 g/mol. The fourth-order valence-electron chi connectivity index (χ4n) is 5.27. The third kappa shape index (κ3) is 3.25. The van der Waals surface area contributed by atoms with Crippen molar-refractivity contribution < 1.29 is 4.79 Å². The van der Waals surface area contributed by atoms with Crippen molar-refractivity contribution in [2.75, 3.05) is 20.1 Å². The molecule has 0 saturated carbocycles. The molecule has 0 N–H and O–H groups in total. The van der Waals surface area contributed by atoms with Crippen molar-refractivity contribution in [2.45, 2.75) is 37.8 Å². The first-order valence-electron chi connectivity index (χ1n) is 10.7. The summed E-state index contributed by atoms with van der Waals surface area (Å²) in [6.07, 6.45) is 4.53. The van der Waals surface area contributed by atoms with Crippen molar-refractivity contribution in [1.29, 1.82) is 0 Å². The SMILES string of the molecule is CN(C(=O)c1cc2ccccc2n1C)[C@@H]1CCCN(C2Cc3ccccc3C2)C1. The molecule has 2 heterocycles. The maximum Gasteiger partial charge on any atom is 0.270 e. The number of carbonyl (C=O) groups is 1. The molecule has 4 nitrogen and oxygen atoms in total. The summed E-state index contributed by atoms with van der Waals surface area (Å²) in [5.41, 5.74) is 4.89. The average Bonchev–Trinajstić information content (AvgIpc) is 3.34. The molecule has 0 radical (unpaired) electrons. The number of benzene rings is 2. The first kappa shape index (κ1) is 18.4. The van der Waals surface area contributed by atoms with Crippen LogP contribution in [0.15, 0.2) is 54.6 Å². The van der Waals surface area contributed by atoms with Crippen LogP contribution >= 0.6 is 0 Å². The zero-order chi connectivity index (χ0) is 20.0. The van der Waals surface area contributed by atoms with Gasteiger partial charge in [0.2, 0.25) is 0 Å². The van der Waals surface area contributed by atoms with Gasteiger partial charge in [0.1, 0.15) is 5.69 Å². The molecule has 2 aliphatic rings. The lowest BCUT2D eigenvalue weighted by Gasteiger charge is -2.40. The molecule has 4 heteroatoms. The van der Waals surface area contributed by atoms with Gasteiger partial charge in [0, 0.05) is 43.6 Å². The molecule has 0 unspecified atom stereocenters. The van der Waals surface area contributed by atoms with Gasteiger partial charge in [-0.3, -0.25) is 9.69 Å². The Balaban J connectivity index is 1.31. The molecule has 3 aromatic rings. The molecule has 0 spiro atoms. The Morgan fingerprint density at radius 2 is 1.72 bits per heavy atom. The molecule has 1 aromatic heterocycles. The van der Waals surface area contributed by atoms with E-state index in [1.54, 1.807) is 0 Å². The van der Waals surface area contributed by atoms with Gasteiger partial charge in [-0.05, 0) is 55.5 Å². The van der Waals surface area contributed by atoms with E-state index in [1.165, 1.54) is 11.1 Å². The minimum Gasteiger partial charge on any atom is -0.340 e. The molecule has 1 aliphatic heterocycles. The first-order chi connectivity index (χ1) is 14.1. The van der Waals surface area contributed by atoms with Gasteiger partial charge in [0.25, 0.3) is 5.91 Å². The first-order valence-corrected chi connectivity index (χ1v) is 10.7. The van der Waals surface area contributed by atoms with Gasteiger partial charge < -0.3 is 9.47 Å². The predicted molar refractivity (Wildman–Crippen MR) is 117 cm³/mol. The largest absolute Gasteiger partial charge is 0.340 e. The predicted octanol–water partition coefficient (Wildman–Crippen LogP) is 3.88. The van der Waals surface area contributed by atoms with Crippen molar-refractivity contribution in [3.05, 3.63) is 71.4 Å². The molecule has 150 valence electrons. The summed E-state index contributed by atoms with van der Waals surface area (Å²) in [4.78, 5) is 17.9. The standard InChI is InChI=1S/C25H29N3O/c1-26(25(29)24-16-20-10-5-6-12-23(20)27(24)2)21-11-7-13-28(17-21)22-14-18-8-3-4-9-19(18)15-22/h3-6,8-10,12,16,21-22H,7,11,13-15,17H2,1-2H3/t21-/m1/s1. The van der Waals surface area contributed by atoms with E-state index in [2.05, 4.69) is 41.3 Å². The summed E-state index contributed by atoms with van der Waals surface area (Å²) in [6, 6.07) is 19.9. The van der Waals surface area contributed by atoms with Crippen molar-refractivity contribution in [3.63, 3.8) is 0 Å². The molecule has 1 amide bonds. The number of aromatic nitrogens is 1. The molecule has 5 rings (SSSR count). The van der Waals surface area contributed by atoms with E-state index in [0.717, 1.165) is 55.4 Å². The third-order valence-corrected chi connectivity index (χ3v) is 7.01. The molecule has 1 aliphatic carbocycles. The molecule has 1 saturated heterocycles. The maximum absolute atomic E-state index is 13.3. The van der Waals surface area contributed by atoms with E-state index in [9.17, 15) is 4.79 Å². The smallest absolute Gasteiger partial charge is 0.270 e.